The molecule has 0 amide bonds. The molecule has 0 spiro atoms. The number of carbonyl (C=O) groups excluding carboxylic acids is 1. The predicted octanol–water partition coefficient (Wildman–Crippen LogP) is 4.39. The fourth-order valence-corrected chi connectivity index (χ4v) is 2.50. The van der Waals surface area contributed by atoms with Gasteiger partial charge in [-0.3, -0.25) is 0 Å². The summed E-state index contributed by atoms with van der Waals surface area (Å²) in [7, 11) is 1.38. The molecule has 0 atom stereocenters. The van der Waals surface area contributed by atoms with E-state index < -0.39 is 0 Å². The molecule has 0 aliphatic heterocycles. The van der Waals surface area contributed by atoms with Crippen LogP contribution in [0.3, 0.4) is 0 Å². The zero-order valence-electron chi connectivity index (χ0n) is 9.72. The normalized spacial score (nSPS) is 10.1. The number of benzene rings is 2. The maximum Gasteiger partial charge on any atom is 0.337 e. The molecule has 0 N–H and O–H groups in total. The third kappa shape index (κ3) is 3.37. The standard InChI is InChI=1S/C14H11BrO2S/c1-17-14(16)10-2-6-12(7-3-10)18-13-8-4-11(15)5-9-13/h2-9H,1H3. The van der Waals surface area contributed by atoms with Crippen LogP contribution < -0.4 is 0 Å². The van der Waals surface area contributed by atoms with Crippen molar-refractivity contribution in [2.24, 2.45) is 0 Å². The van der Waals surface area contributed by atoms with Crippen molar-refractivity contribution in [3.63, 3.8) is 0 Å². The van der Waals surface area contributed by atoms with Crippen LogP contribution in [0.5, 0.6) is 0 Å². The number of halogens is 1. The first-order valence-electron chi connectivity index (χ1n) is 5.31. The molecule has 18 heavy (non-hydrogen) atoms. The second kappa shape index (κ2) is 6.07. The van der Waals surface area contributed by atoms with Gasteiger partial charge in [0.05, 0.1) is 12.7 Å². The maximum absolute atomic E-state index is 11.3. The second-order valence-electron chi connectivity index (χ2n) is 3.57. The van der Waals surface area contributed by atoms with Crippen molar-refractivity contribution in [3.8, 4) is 0 Å². The number of hydrogen-bond acceptors (Lipinski definition) is 3. The van der Waals surface area contributed by atoms with Gasteiger partial charge in [-0.15, -0.1) is 0 Å². The predicted molar refractivity (Wildman–Crippen MR) is 76.0 cm³/mol. The smallest absolute Gasteiger partial charge is 0.337 e. The number of rotatable bonds is 3. The molecule has 4 heteroatoms. The molecule has 0 bridgehead atoms. The fraction of sp³-hybridized carbons (Fsp3) is 0.0714. The molecule has 0 saturated carbocycles. The minimum Gasteiger partial charge on any atom is -0.465 e. The first kappa shape index (κ1) is 13.2. The zero-order chi connectivity index (χ0) is 13.0. The number of methoxy groups -OCH3 is 1. The molecule has 2 aromatic carbocycles. The average Bonchev–Trinajstić information content (AvgIpc) is 2.41. The molecule has 92 valence electrons. The number of ether oxygens (including phenoxy) is 1. The van der Waals surface area contributed by atoms with Gasteiger partial charge in [0.25, 0.3) is 0 Å². The molecule has 0 saturated heterocycles. The molecule has 0 aromatic heterocycles. The van der Waals surface area contributed by atoms with Gasteiger partial charge in [0.2, 0.25) is 0 Å². The molecular formula is C14H11BrO2S. The second-order valence-corrected chi connectivity index (χ2v) is 5.63. The topological polar surface area (TPSA) is 26.3 Å². The largest absolute Gasteiger partial charge is 0.465 e. The highest BCUT2D eigenvalue weighted by Crippen LogP contribution is 2.28. The highest BCUT2D eigenvalue weighted by molar-refractivity contribution is 9.10. The van der Waals surface area contributed by atoms with Gasteiger partial charge in [-0.05, 0) is 48.5 Å². The van der Waals surface area contributed by atoms with E-state index in [0.29, 0.717) is 5.56 Å². The third-order valence-corrected chi connectivity index (χ3v) is 3.87. The van der Waals surface area contributed by atoms with E-state index in [1.807, 2.05) is 36.4 Å². The van der Waals surface area contributed by atoms with Crippen molar-refractivity contribution in [3.05, 3.63) is 58.6 Å². The SMILES string of the molecule is COC(=O)c1ccc(Sc2ccc(Br)cc2)cc1. The Hall–Kier alpha value is -1.26. The summed E-state index contributed by atoms with van der Waals surface area (Å²) in [4.78, 5) is 13.5. The highest BCUT2D eigenvalue weighted by atomic mass is 79.9. The molecule has 0 fully saturated rings. The summed E-state index contributed by atoms with van der Waals surface area (Å²) in [6.07, 6.45) is 0. The van der Waals surface area contributed by atoms with Crippen molar-refractivity contribution in [2.45, 2.75) is 9.79 Å². The van der Waals surface area contributed by atoms with Gasteiger partial charge >= 0.3 is 5.97 Å². The van der Waals surface area contributed by atoms with Crippen LogP contribution in [0.4, 0.5) is 0 Å². The van der Waals surface area contributed by atoms with Crippen molar-refractivity contribution < 1.29 is 9.53 Å². The Kier molecular flexibility index (Phi) is 4.44. The van der Waals surface area contributed by atoms with Gasteiger partial charge in [-0.1, -0.05) is 27.7 Å². The van der Waals surface area contributed by atoms with Gasteiger partial charge in [0, 0.05) is 14.3 Å². The molecule has 2 nitrogen and oxygen atoms in total. The minimum atomic E-state index is -0.310. The van der Waals surface area contributed by atoms with Crippen LogP contribution in [0.25, 0.3) is 0 Å². The number of hydrogen-bond donors (Lipinski definition) is 0. The minimum absolute atomic E-state index is 0.310. The summed E-state index contributed by atoms with van der Waals surface area (Å²) < 4.78 is 5.72. The van der Waals surface area contributed by atoms with Crippen LogP contribution in [0.15, 0.2) is 62.8 Å². The van der Waals surface area contributed by atoms with Crippen LogP contribution in [0, 0.1) is 0 Å². The fourth-order valence-electron chi connectivity index (χ4n) is 1.42. The summed E-state index contributed by atoms with van der Waals surface area (Å²) in [6, 6.07) is 15.5. The lowest BCUT2D eigenvalue weighted by atomic mass is 10.2. The first-order chi connectivity index (χ1) is 8.69. The quantitative estimate of drug-likeness (QED) is 0.784. The lowest BCUT2D eigenvalue weighted by molar-refractivity contribution is 0.0600. The van der Waals surface area contributed by atoms with E-state index in [-0.39, 0.29) is 5.97 Å². The Bertz CT molecular complexity index is 535. The van der Waals surface area contributed by atoms with Crippen LogP contribution in [-0.2, 0) is 4.74 Å². The van der Waals surface area contributed by atoms with Crippen LogP contribution in [-0.4, -0.2) is 13.1 Å². The average molecular weight is 323 g/mol. The van der Waals surface area contributed by atoms with E-state index in [1.165, 1.54) is 7.11 Å². The summed E-state index contributed by atoms with van der Waals surface area (Å²) >= 11 is 5.05. The lowest BCUT2D eigenvalue weighted by Gasteiger charge is -2.03. The monoisotopic (exact) mass is 322 g/mol. The summed E-state index contributed by atoms with van der Waals surface area (Å²) in [5.41, 5.74) is 0.567. The van der Waals surface area contributed by atoms with E-state index >= 15 is 0 Å². The molecule has 2 rings (SSSR count). The van der Waals surface area contributed by atoms with Crippen LogP contribution >= 0.6 is 27.7 Å². The van der Waals surface area contributed by atoms with Gasteiger partial charge in [0.1, 0.15) is 0 Å². The summed E-state index contributed by atoms with van der Waals surface area (Å²) in [5, 5.41) is 0. The Balaban J connectivity index is 2.10. The van der Waals surface area contributed by atoms with Gasteiger partial charge in [-0.25, -0.2) is 4.79 Å². The van der Waals surface area contributed by atoms with Gasteiger partial charge in [0.15, 0.2) is 0 Å². The Morgan fingerprint density at radius 2 is 1.50 bits per heavy atom. The van der Waals surface area contributed by atoms with E-state index in [0.717, 1.165) is 14.3 Å². The Morgan fingerprint density at radius 1 is 1.00 bits per heavy atom. The van der Waals surface area contributed by atoms with Crippen LogP contribution in [0.2, 0.25) is 0 Å². The van der Waals surface area contributed by atoms with Crippen molar-refractivity contribution in [1.82, 2.24) is 0 Å². The van der Waals surface area contributed by atoms with E-state index in [4.69, 9.17) is 0 Å². The van der Waals surface area contributed by atoms with E-state index in [2.05, 4.69) is 20.7 Å². The lowest BCUT2D eigenvalue weighted by Crippen LogP contribution is -2.00. The molecule has 0 aliphatic carbocycles. The summed E-state index contributed by atoms with van der Waals surface area (Å²) in [6.45, 7) is 0. The zero-order valence-corrected chi connectivity index (χ0v) is 12.1. The first-order valence-corrected chi connectivity index (χ1v) is 6.92. The van der Waals surface area contributed by atoms with Crippen molar-refractivity contribution in [2.75, 3.05) is 7.11 Å². The molecule has 0 radical (unpaired) electrons. The Morgan fingerprint density at radius 3 is 2.00 bits per heavy atom. The summed E-state index contributed by atoms with van der Waals surface area (Å²) in [5.74, 6) is -0.310. The van der Waals surface area contributed by atoms with Crippen LogP contribution in [0.1, 0.15) is 10.4 Å². The number of esters is 1. The number of carbonyl (C=O) groups is 1. The molecule has 0 heterocycles. The van der Waals surface area contributed by atoms with Gasteiger partial charge < -0.3 is 4.74 Å². The maximum atomic E-state index is 11.3. The molecular weight excluding hydrogens is 312 g/mol. The molecule has 0 aliphatic rings. The van der Waals surface area contributed by atoms with E-state index in [9.17, 15) is 4.79 Å². The Labute approximate surface area is 118 Å². The third-order valence-electron chi connectivity index (χ3n) is 2.32. The molecule has 2 aromatic rings. The van der Waals surface area contributed by atoms with Crippen molar-refractivity contribution >= 4 is 33.7 Å². The van der Waals surface area contributed by atoms with Gasteiger partial charge in [-0.2, -0.15) is 0 Å². The van der Waals surface area contributed by atoms with E-state index in [1.54, 1.807) is 23.9 Å². The molecule has 0 unspecified atom stereocenters. The highest BCUT2D eigenvalue weighted by Gasteiger charge is 2.04. The van der Waals surface area contributed by atoms with Crippen molar-refractivity contribution in [1.29, 1.82) is 0 Å².